The summed E-state index contributed by atoms with van der Waals surface area (Å²) in [5.74, 6) is -0.211. The van der Waals surface area contributed by atoms with Crippen LogP contribution in [-0.4, -0.2) is 23.9 Å². The monoisotopic (exact) mass is 375 g/mol. The number of nitro benzene ring substituents is 1. The highest BCUT2D eigenvalue weighted by molar-refractivity contribution is 7.21. The number of halogens is 1. The van der Waals surface area contributed by atoms with Crippen LogP contribution in [0.3, 0.4) is 0 Å². The standard InChI is InChI=1S/C17H14ClN3O3S/c18-15-13-3-1-2-4-14(13)25-16(15)17(22)20-10-9-19-11-5-7-12(8-6-11)21(23)24/h1-8,19H,9-10H2,(H,20,22). The fourth-order valence-electron chi connectivity index (χ4n) is 2.32. The van der Waals surface area contributed by atoms with Gasteiger partial charge < -0.3 is 10.6 Å². The Morgan fingerprint density at radius 2 is 1.84 bits per heavy atom. The lowest BCUT2D eigenvalue weighted by Gasteiger charge is -2.07. The van der Waals surface area contributed by atoms with Crippen LogP contribution >= 0.6 is 22.9 Å². The summed E-state index contributed by atoms with van der Waals surface area (Å²) in [5.41, 5.74) is 0.790. The van der Waals surface area contributed by atoms with Gasteiger partial charge >= 0.3 is 0 Å². The van der Waals surface area contributed by atoms with Crippen LogP contribution in [0.4, 0.5) is 11.4 Å². The van der Waals surface area contributed by atoms with Crippen LogP contribution in [0.15, 0.2) is 48.5 Å². The number of nitrogens with zero attached hydrogens (tertiary/aromatic N) is 1. The Morgan fingerprint density at radius 1 is 1.12 bits per heavy atom. The molecule has 0 spiro atoms. The molecule has 2 aromatic carbocycles. The van der Waals surface area contributed by atoms with Gasteiger partial charge in [0.05, 0.1) is 9.95 Å². The topological polar surface area (TPSA) is 84.3 Å². The molecule has 2 N–H and O–H groups in total. The van der Waals surface area contributed by atoms with Gasteiger partial charge in [0.15, 0.2) is 0 Å². The molecule has 6 nitrogen and oxygen atoms in total. The van der Waals surface area contributed by atoms with E-state index in [4.69, 9.17) is 11.6 Å². The molecule has 1 aromatic heterocycles. The number of benzene rings is 2. The van der Waals surface area contributed by atoms with E-state index in [-0.39, 0.29) is 11.6 Å². The number of fused-ring (bicyclic) bond motifs is 1. The van der Waals surface area contributed by atoms with E-state index in [0.717, 1.165) is 15.8 Å². The zero-order valence-electron chi connectivity index (χ0n) is 13.0. The Balaban J connectivity index is 1.53. The van der Waals surface area contributed by atoms with Crippen LogP contribution in [0.25, 0.3) is 10.1 Å². The van der Waals surface area contributed by atoms with E-state index in [1.807, 2.05) is 24.3 Å². The Morgan fingerprint density at radius 3 is 2.52 bits per heavy atom. The molecule has 3 aromatic rings. The molecule has 0 bridgehead atoms. The number of rotatable bonds is 6. The van der Waals surface area contributed by atoms with Gasteiger partial charge in [0, 0.05) is 41.0 Å². The summed E-state index contributed by atoms with van der Waals surface area (Å²) in [6, 6.07) is 13.7. The molecule has 0 radical (unpaired) electrons. The number of hydrogen-bond acceptors (Lipinski definition) is 5. The van der Waals surface area contributed by atoms with E-state index in [9.17, 15) is 14.9 Å². The fourth-order valence-corrected chi connectivity index (χ4v) is 3.76. The molecular formula is C17H14ClN3O3S. The Labute approximate surface area is 152 Å². The van der Waals surface area contributed by atoms with Gasteiger partial charge in [-0.1, -0.05) is 29.8 Å². The third kappa shape index (κ3) is 3.89. The largest absolute Gasteiger partial charge is 0.383 e. The molecule has 0 aliphatic carbocycles. The Hall–Kier alpha value is -2.64. The smallest absolute Gasteiger partial charge is 0.269 e. The van der Waals surface area contributed by atoms with Gasteiger partial charge in [-0.2, -0.15) is 0 Å². The molecule has 1 heterocycles. The van der Waals surface area contributed by atoms with Crippen molar-refractivity contribution in [2.24, 2.45) is 0 Å². The van der Waals surface area contributed by atoms with Crippen LogP contribution in [0, 0.1) is 10.1 Å². The van der Waals surface area contributed by atoms with Crippen molar-refractivity contribution in [3.8, 4) is 0 Å². The number of anilines is 1. The van der Waals surface area contributed by atoms with Gasteiger partial charge in [0.25, 0.3) is 11.6 Å². The first kappa shape index (κ1) is 17.2. The maximum atomic E-state index is 12.3. The second-order valence-electron chi connectivity index (χ2n) is 5.23. The minimum atomic E-state index is -0.446. The maximum absolute atomic E-state index is 12.3. The summed E-state index contributed by atoms with van der Waals surface area (Å²) in [6.45, 7) is 0.895. The average Bonchev–Trinajstić information content (AvgIpc) is 2.96. The first-order chi connectivity index (χ1) is 12.1. The lowest BCUT2D eigenvalue weighted by molar-refractivity contribution is -0.384. The number of carbonyl (C=O) groups is 1. The number of non-ortho nitro benzene ring substituents is 1. The molecule has 0 saturated heterocycles. The van der Waals surface area contributed by atoms with Crippen molar-refractivity contribution < 1.29 is 9.72 Å². The van der Waals surface area contributed by atoms with Crippen molar-refractivity contribution in [3.63, 3.8) is 0 Å². The number of nitrogens with one attached hydrogen (secondary N) is 2. The van der Waals surface area contributed by atoms with E-state index in [2.05, 4.69) is 10.6 Å². The number of carbonyl (C=O) groups excluding carboxylic acids is 1. The molecule has 1 amide bonds. The number of hydrogen-bond donors (Lipinski definition) is 2. The molecule has 0 atom stereocenters. The van der Waals surface area contributed by atoms with Gasteiger partial charge in [-0.05, 0) is 18.2 Å². The average molecular weight is 376 g/mol. The zero-order chi connectivity index (χ0) is 17.8. The SMILES string of the molecule is O=C(NCCNc1ccc([N+](=O)[O-])cc1)c1sc2ccccc2c1Cl. The van der Waals surface area contributed by atoms with E-state index in [1.165, 1.54) is 23.5 Å². The summed E-state index contributed by atoms with van der Waals surface area (Å²) in [7, 11) is 0. The van der Waals surface area contributed by atoms with Gasteiger partial charge in [-0.3, -0.25) is 14.9 Å². The lowest BCUT2D eigenvalue weighted by Crippen LogP contribution is -2.28. The molecule has 0 unspecified atom stereocenters. The number of thiophene rings is 1. The zero-order valence-corrected chi connectivity index (χ0v) is 14.6. The van der Waals surface area contributed by atoms with Gasteiger partial charge in [-0.15, -0.1) is 11.3 Å². The predicted molar refractivity (Wildman–Crippen MR) is 101 cm³/mol. The lowest BCUT2D eigenvalue weighted by atomic mass is 10.2. The first-order valence-corrected chi connectivity index (χ1v) is 8.69. The summed E-state index contributed by atoms with van der Waals surface area (Å²) in [6.07, 6.45) is 0. The quantitative estimate of drug-likeness (QED) is 0.382. The van der Waals surface area contributed by atoms with E-state index < -0.39 is 4.92 Å². The summed E-state index contributed by atoms with van der Waals surface area (Å²) in [4.78, 5) is 22.9. The molecule has 128 valence electrons. The van der Waals surface area contributed by atoms with E-state index in [1.54, 1.807) is 12.1 Å². The predicted octanol–water partition coefficient (Wildman–Crippen LogP) is 4.30. The van der Waals surface area contributed by atoms with E-state index >= 15 is 0 Å². The molecule has 8 heteroatoms. The van der Waals surface area contributed by atoms with Gasteiger partial charge in [0.2, 0.25) is 0 Å². The van der Waals surface area contributed by atoms with Crippen LogP contribution < -0.4 is 10.6 Å². The molecule has 0 saturated carbocycles. The van der Waals surface area contributed by atoms with Crippen LogP contribution in [-0.2, 0) is 0 Å². The second-order valence-corrected chi connectivity index (χ2v) is 6.66. The van der Waals surface area contributed by atoms with Crippen molar-refractivity contribution in [2.45, 2.75) is 0 Å². The highest BCUT2D eigenvalue weighted by atomic mass is 35.5. The van der Waals surface area contributed by atoms with Crippen molar-refractivity contribution >= 4 is 50.3 Å². The second kappa shape index (κ2) is 7.50. The third-order valence-corrected chi connectivity index (χ3v) is 5.23. The Bertz CT molecular complexity index is 925. The van der Waals surface area contributed by atoms with Crippen molar-refractivity contribution in [1.29, 1.82) is 0 Å². The maximum Gasteiger partial charge on any atom is 0.269 e. The molecule has 0 aliphatic heterocycles. The normalized spacial score (nSPS) is 10.6. The van der Waals surface area contributed by atoms with Gasteiger partial charge in [0.1, 0.15) is 4.88 Å². The van der Waals surface area contributed by atoms with Crippen molar-refractivity contribution in [1.82, 2.24) is 5.32 Å². The minimum absolute atomic E-state index is 0.0401. The van der Waals surface area contributed by atoms with Crippen LogP contribution in [0.2, 0.25) is 5.02 Å². The number of amides is 1. The summed E-state index contributed by atoms with van der Waals surface area (Å²) >= 11 is 7.64. The van der Waals surface area contributed by atoms with E-state index in [0.29, 0.717) is 23.0 Å². The molecule has 0 aliphatic rings. The third-order valence-electron chi connectivity index (χ3n) is 3.56. The van der Waals surface area contributed by atoms with Crippen LogP contribution in [0.5, 0.6) is 0 Å². The summed E-state index contributed by atoms with van der Waals surface area (Å²) in [5, 5.41) is 17.9. The van der Waals surface area contributed by atoms with Gasteiger partial charge in [-0.25, -0.2) is 0 Å². The highest BCUT2D eigenvalue weighted by Gasteiger charge is 2.16. The molecular weight excluding hydrogens is 362 g/mol. The van der Waals surface area contributed by atoms with Crippen LogP contribution in [0.1, 0.15) is 9.67 Å². The summed E-state index contributed by atoms with van der Waals surface area (Å²) < 4.78 is 0.974. The molecule has 3 rings (SSSR count). The number of nitro groups is 1. The Kier molecular flexibility index (Phi) is 5.16. The molecule has 0 fully saturated rings. The first-order valence-electron chi connectivity index (χ1n) is 7.50. The van der Waals surface area contributed by atoms with Crippen molar-refractivity contribution in [3.05, 3.63) is 68.5 Å². The van der Waals surface area contributed by atoms with Crippen molar-refractivity contribution in [2.75, 3.05) is 18.4 Å². The minimum Gasteiger partial charge on any atom is -0.383 e. The fraction of sp³-hybridized carbons (Fsp3) is 0.118. The highest BCUT2D eigenvalue weighted by Crippen LogP contribution is 2.34. The molecule has 25 heavy (non-hydrogen) atoms.